The standard InChI is InChI=1S/C21H17NO2/c1-15-13-19(21(23)24)11-12-20(15)22-14-16-7-9-18(10-8-16)17-5-3-2-4-6-17/h2-14H,1H3,(H,23,24). The molecule has 3 nitrogen and oxygen atoms in total. The zero-order valence-electron chi connectivity index (χ0n) is 13.3. The maximum absolute atomic E-state index is 11.0. The Morgan fingerprint density at radius 1 is 0.917 bits per heavy atom. The summed E-state index contributed by atoms with van der Waals surface area (Å²) >= 11 is 0. The van der Waals surface area contributed by atoms with Crippen molar-refractivity contribution in [2.75, 3.05) is 0 Å². The van der Waals surface area contributed by atoms with Crippen LogP contribution in [0.4, 0.5) is 5.69 Å². The number of benzene rings is 3. The van der Waals surface area contributed by atoms with Crippen molar-refractivity contribution in [3.8, 4) is 11.1 Å². The van der Waals surface area contributed by atoms with Crippen LogP contribution in [0.1, 0.15) is 21.5 Å². The Kier molecular flexibility index (Phi) is 4.52. The minimum absolute atomic E-state index is 0.277. The van der Waals surface area contributed by atoms with Crippen molar-refractivity contribution in [3.63, 3.8) is 0 Å². The van der Waals surface area contributed by atoms with Gasteiger partial charge in [0.25, 0.3) is 0 Å². The summed E-state index contributed by atoms with van der Waals surface area (Å²) in [6.07, 6.45) is 1.79. The largest absolute Gasteiger partial charge is 0.478 e. The van der Waals surface area contributed by atoms with Crippen LogP contribution in [0.2, 0.25) is 0 Å². The molecule has 24 heavy (non-hydrogen) atoms. The van der Waals surface area contributed by atoms with Gasteiger partial charge in [0, 0.05) is 6.21 Å². The van der Waals surface area contributed by atoms with Crippen molar-refractivity contribution in [1.29, 1.82) is 0 Å². The molecule has 3 rings (SSSR count). The minimum atomic E-state index is -0.926. The first-order valence-corrected chi connectivity index (χ1v) is 7.67. The van der Waals surface area contributed by atoms with E-state index in [1.54, 1.807) is 24.4 Å². The first kappa shape index (κ1) is 15.7. The predicted molar refractivity (Wildman–Crippen MR) is 97.3 cm³/mol. The maximum atomic E-state index is 11.0. The molecule has 0 bridgehead atoms. The van der Waals surface area contributed by atoms with E-state index in [2.05, 4.69) is 29.3 Å². The molecule has 0 saturated heterocycles. The lowest BCUT2D eigenvalue weighted by Gasteiger charge is -2.03. The van der Waals surface area contributed by atoms with Gasteiger partial charge in [0.1, 0.15) is 0 Å². The third-order valence-corrected chi connectivity index (χ3v) is 3.81. The molecule has 0 radical (unpaired) electrons. The number of carboxylic acid groups (broad SMARTS) is 1. The van der Waals surface area contributed by atoms with E-state index in [1.165, 1.54) is 5.56 Å². The number of carboxylic acids is 1. The molecule has 0 aliphatic carbocycles. The van der Waals surface area contributed by atoms with Gasteiger partial charge in [0.15, 0.2) is 0 Å². The van der Waals surface area contributed by atoms with Crippen molar-refractivity contribution in [3.05, 3.63) is 89.5 Å². The van der Waals surface area contributed by atoms with Crippen LogP contribution in [0, 0.1) is 6.92 Å². The second-order valence-corrected chi connectivity index (χ2v) is 5.55. The highest BCUT2D eigenvalue weighted by molar-refractivity contribution is 5.89. The minimum Gasteiger partial charge on any atom is -0.478 e. The van der Waals surface area contributed by atoms with E-state index in [0.29, 0.717) is 0 Å². The number of aliphatic imine (C=N–C) groups is 1. The van der Waals surface area contributed by atoms with E-state index in [-0.39, 0.29) is 5.56 Å². The highest BCUT2D eigenvalue weighted by Crippen LogP contribution is 2.21. The molecular formula is C21H17NO2. The Morgan fingerprint density at radius 2 is 1.58 bits per heavy atom. The highest BCUT2D eigenvalue weighted by atomic mass is 16.4. The van der Waals surface area contributed by atoms with Crippen LogP contribution in [-0.2, 0) is 0 Å². The number of rotatable bonds is 4. The smallest absolute Gasteiger partial charge is 0.335 e. The van der Waals surface area contributed by atoms with Gasteiger partial charge < -0.3 is 5.11 Å². The van der Waals surface area contributed by atoms with Crippen LogP contribution >= 0.6 is 0 Å². The second kappa shape index (κ2) is 6.92. The molecule has 1 N–H and O–H groups in total. The van der Waals surface area contributed by atoms with Gasteiger partial charge >= 0.3 is 5.97 Å². The SMILES string of the molecule is Cc1cc(C(=O)O)ccc1N=Cc1ccc(-c2ccccc2)cc1. The third kappa shape index (κ3) is 3.58. The predicted octanol–water partition coefficient (Wildman–Crippen LogP) is 5.11. The molecule has 0 atom stereocenters. The molecule has 0 aliphatic rings. The van der Waals surface area contributed by atoms with Crippen LogP contribution in [-0.4, -0.2) is 17.3 Å². The van der Waals surface area contributed by atoms with Gasteiger partial charge in [-0.3, -0.25) is 4.99 Å². The lowest BCUT2D eigenvalue weighted by Crippen LogP contribution is -1.95. The van der Waals surface area contributed by atoms with Crippen molar-refractivity contribution in [1.82, 2.24) is 0 Å². The topological polar surface area (TPSA) is 49.7 Å². The van der Waals surface area contributed by atoms with Crippen LogP contribution < -0.4 is 0 Å². The van der Waals surface area contributed by atoms with Crippen molar-refractivity contribution >= 4 is 17.9 Å². The number of aryl methyl sites for hydroxylation is 1. The Morgan fingerprint density at radius 3 is 2.21 bits per heavy atom. The first-order valence-electron chi connectivity index (χ1n) is 7.67. The summed E-state index contributed by atoms with van der Waals surface area (Å²) < 4.78 is 0. The highest BCUT2D eigenvalue weighted by Gasteiger charge is 2.04. The van der Waals surface area contributed by atoms with E-state index >= 15 is 0 Å². The maximum Gasteiger partial charge on any atom is 0.335 e. The van der Waals surface area contributed by atoms with E-state index in [0.717, 1.165) is 22.4 Å². The summed E-state index contributed by atoms with van der Waals surface area (Å²) in [4.78, 5) is 15.4. The fourth-order valence-corrected chi connectivity index (χ4v) is 2.47. The van der Waals surface area contributed by atoms with Crippen molar-refractivity contribution in [2.24, 2.45) is 4.99 Å². The molecule has 0 aliphatic heterocycles. The average molecular weight is 315 g/mol. The normalized spacial score (nSPS) is 10.9. The van der Waals surface area contributed by atoms with Crippen LogP contribution in [0.25, 0.3) is 11.1 Å². The molecule has 3 heteroatoms. The van der Waals surface area contributed by atoms with Crippen LogP contribution in [0.3, 0.4) is 0 Å². The Hall–Kier alpha value is -3.20. The van der Waals surface area contributed by atoms with Crippen molar-refractivity contribution in [2.45, 2.75) is 6.92 Å². The van der Waals surface area contributed by atoms with E-state index in [1.807, 2.05) is 37.3 Å². The summed E-state index contributed by atoms with van der Waals surface area (Å²) in [6.45, 7) is 1.86. The summed E-state index contributed by atoms with van der Waals surface area (Å²) in [5.74, 6) is -0.926. The average Bonchev–Trinajstić information content (AvgIpc) is 2.62. The summed E-state index contributed by atoms with van der Waals surface area (Å²) in [5, 5.41) is 8.99. The first-order chi connectivity index (χ1) is 11.6. The number of aromatic carboxylic acids is 1. The molecule has 3 aromatic carbocycles. The van der Waals surface area contributed by atoms with Crippen molar-refractivity contribution < 1.29 is 9.90 Å². The lowest BCUT2D eigenvalue weighted by atomic mass is 10.0. The lowest BCUT2D eigenvalue weighted by molar-refractivity contribution is 0.0697. The molecule has 0 spiro atoms. The van der Waals surface area contributed by atoms with Crippen LogP contribution in [0.15, 0.2) is 77.8 Å². The quantitative estimate of drug-likeness (QED) is 0.680. The molecule has 0 amide bonds. The van der Waals surface area contributed by atoms with Gasteiger partial charge in [-0.2, -0.15) is 0 Å². The summed E-state index contributed by atoms with van der Waals surface area (Å²) in [5.41, 5.74) is 5.23. The Labute approximate surface area is 140 Å². The molecule has 3 aromatic rings. The number of carbonyl (C=O) groups is 1. The van der Waals surface area contributed by atoms with Gasteiger partial charge in [-0.25, -0.2) is 4.79 Å². The van der Waals surface area contributed by atoms with Gasteiger partial charge in [-0.15, -0.1) is 0 Å². The molecule has 0 fully saturated rings. The molecule has 0 unspecified atom stereocenters. The van der Waals surface area contributed by atoms with E-state index in [4.69, 9.17) is 5.11 Å². The van der Waals surface area contributed by atoms with E-state index < -0.39 is 5.97 Å². The van der Waals surface area contributed by atoms with Gasteiger partial charge in [0.2, 0.25) is 0 Å². The molecule has 0 saturated carbocycles. The van der Waals surface area contributed by atoms with Gasteiger partial charge in [0.05, 0.1) is 11.3 Å². The molecular weight excluding hydrogens is 298 g/mol. The molecule has 0 heterocycles. The monoisotopic (exact) mass is 315 g/mol. The Bertz CT molecular complexity index is 881. The number of hydrogen-bond acceptors (Lipinski definition) is 2. The van der Waals surface area contributed by atoms with Gasteiger partial charge in [-0.1, -0.05) is 54.6 Å². The zero-order valence-corrected chi connectivity index (χ0v) is 13.3. The fraction of sp³-hybridized carbons (Fsp3) is 0.0476. The zero-order chi connectivity index (χ0) is 16.9. The molecule has 118 valence electrons. The second-order valence-electron chi connectivity index (χ2n) is 5.55. The number of nitrogens with zero attached hydrogens (tertiary/aromatic N) is 1. The van der Waals surface area contributed by atoms with E-state index in [9.17, 15) is 4.79 Å². The fourth-order valence-electron chi connectivity index (χ4n) is 2.47. The molecule has 0 aromatic heterocycles. The Balaban J connectivity index is 1.79. The third-order valence-electron chi connectivity index (χ3n) is 3.81. The number of hydrogen-bond donors (Lipinski definition) is 1. The van der Waals surface area contributed by atoms with Gasteiger partial charge in [-0.05, 0) is 47.4 Å². The van der Waals surface area contributed by atoms with Crippen LogP contribution in [0.5, 0.6) is 0 Å². The summed E-state index contributed by atoms with van der Waals surface area (Å²) in [7, 11) is 0. The summed E-state index contributed by atoms with van der Waals surface area (Å²) in [6, 6.07) is 23.3.